The molecule has 3 aromatic rings. The van der Waals surface area contributed by atoms with Gasteiger partial charge in [-0.2, -0.15) is 0 Å². The fourth-order valence-corrected chi connectivity index (χ4v) is 3.56. The minimum atomic E-state index is 0.200. The number of likely N-dealkylation sites (tertiary alicyclic amines) is 1. The number of benzene rings is 2. The normalized spacial score (nSPS) is 21.8. The molecule has 0 bridgehead atoms. The second-order valence-electron chi connectivity index (χ2n) is 6.41. The van der Waals surface area contributed by atoms with Crippen molar-refractivity contribution in [2.75, 3.05) is 13.1 Å². The van der Waals surface area contributed by atoms with Gasteiger partial charge in [-0.05, 0) is 23.3 Å². The van der Waals surface area contributed by atoms with Crippen LogP contribution in [0.3, 0.4) is 0 Å². The van der Waals surface area contributed by atoms with Gasteiger partial charge in [0.25, 0.3) is 0 Å². The average molecular weight is 303 g/mol. The standard InChI is InChI=1S/C20H21N3/c21-19-14-23(13-18(19)16-6-2-1-3-7-16)12-15-10-17-8-4-5-9-20(17)22-11-15/h1-11,18-19H,12-14,21H2/t18-,19+/m0/s1. The van der Waals surface area contributed by atoms with Crippen molar-refractivity contribution in [3.8, 4) is 0 Å². The van der Waals surface area contributed by atoms with Crippen LogP contribution in [-0.4, -0.2) is 29.0 Å². The zero-order valence-corrected chi connectivity index (χ0v) is 13.1. The van der Waals surface area contributed by atoms with Crippen molar-refractivity contribution < 1.29 is 0 Å². The van der Waals surface area contributed by atoms with Crippen LogP contribution in [0.4, 0.5) is 0 Å². The van der Waals surface area contributed by atoms with E-state index in [1.165, 1.54) is 16.5 Å². The molecule has 0 amide bonds. The molecule has 1 fully saturated rings. The fraction of sp³-hybridized carbons (Fsp3) is 0.250. The van der Waals surface area contributed by atoms with Crippen LogP contribution < -0.4 is 5.73 Å². The lowest BCUT2D eigenvalue weighted by Crippen LogP contribution is -2.28. The van der Waals surface area contributed by atoms with Gasteiger partial charge in [-0.15, -0.1) is 0 Å². The summed E-state index contributed by atoms with van der Waals surface area (Å²) in [5, 5.41) is 1.20. The maximum Gasteiger partial charge on any atom is 0.0702 e. The van der Waals surface area contributed by atoms with Crippen molar-refractivity contribution in [2.45, 2.75) is 18.5 Å². The molecule has 2 aromatic carbocycles. The first kappa shape index (κ1) is 14.4. The molecule has 116 valence electrons. The van der Waals surface area contributed by atoms with Crippen molar-refractivity contribution >= 4 is 10.9 Å². The number of fused-ring (bicyclic) bond motifs is 1. The lowest BCUT2D eigenvalue weighted by atomic mass is 9.95. The van der Waals surface area contributed by atoms with E-state index in [0.717, 1.165) is 25.2 Å². The minimum absolute atomic E-state index is 0.200. The number of para-hydroxylation sites is 1. The van der Waals surface area contributed by atoms with Crippen molar-refractivity contribution in [1.82, 2.24) is 9.88 Å². The van der Waals surface area contributed by atoms with Gasteiger partial charge in [0.2, 0.25) is 0 Å². The van der Waals surface area contributed by atoms with Crippen molar-refractivity contribution in [1.29, 1.82) is 0 Å². The molecule has 2 N–H and O–H groups in total. The highest BCUT2D eigenvalue weighted by Crippen LogP contribution is 2.27. The Morgan fingerprint density at radius 3 is 2.65 bits per heavy atom. The lowest BCUT2D eigenvalue weighted by Gasteiger charge is -2.16. The zero-order valence-electron chi connectivity index (χ0n) is 13.1. The maximum atomic E-state index is 6.39. The molecule has 2 heterocycles. The summed E-state index contributed by atoms with van der Waals surface area (Å²) in [5.41, 5.74) is 10.0. The second kappa shape index (κ2) is 6.11. The number of nitrogens with two attached hydrogens (primary N) is 1. The first-order valence-electron chi connectivity index (χ1n) is 8.16. The van der Waals surface area contributed by atoms with Crippen LogP contribution in [0.1, 0.15) is 17.0 Å². The topological polar surface area (TPSA) is 42.1 Å². The van der Waals surface area contributed by atoms with E-state index in [1.807, 2.05) is 12.3 Å². The minimum Gasteiger partial charge on any atom is -0.326 e. The molecule has 1 aliphatic heterocycles. The number of rotatable bonds is 3. The summed E-state index contributed by atoms with van der Waals surface area (Å²) >= 11 is 0. The van der Waals surface area contributed by atoms with Gasteiger partial charge in [0.15, 0.2) is 0 Å². The number of aromatic nitrogens is 1. The van der Waals surface area contributed by atoms with Crippen LogP contribution in [0, 0.1) is 0 Å². The molecule has 4 rings (SSSR count). The van der Waals surface area contributed by atoms with E-state index < -0.39 is 0 Å². The Labute approximate surface area is 136 Å². The highest BCUT2D eigenvalue weighted by molar-refractivity contribution is 5.78. The molecule has 0 radical (unpaired) electrons. The molecule has 1 saturated heterocycles. The third kappa shape index (κ3) is 2.98. The predicted molar refractivity (Wildman–Crippen MR) is 94.2 cm³/mol. The summed E-state index contributed by atoms with van der Waals surface area (Å²) < 4.78 is 0. The van der Waals surface area contributed by atoms with Crippen LogP contribution in [-0.2, 0) is 6.54 Å². The number of pyridine rings is 1. The monoisotopic (exact) mass is 303 g/mol. The summed E-state index contributed by atoms with van der Waals surface area (Å²) in [6, 6.07) is 21.3. The molecule has 1 aliphatic rings. The van der Waals surface area contributed by atoms with E-state index in [1.54, 1.807) is 0 Å². The summed E-state index contributed by atoms with van der Waals surface area (Å²) in [6.45, 7) is 2.86. The Kier molecular flexibility index (Phi) is 3.82. The molecule has 2 atom stereocenters. The first-order chi connectivity index (χ1) is 11.3. The number of hydrogen-bond acceptors (Lipinski definition) is 3. The van der Waals surface area contributed by atoms with Gasteiger partial charge in [0, 0.05) is 43.2 Å². The van der Waals surface area contributed by atoms with Gasteiger partial charge in [-0.1, -0.05) is 48.5 Å². The molecule has 0 aliphatic carbocycles. The van der Waals surface area contributed by atoms with Gasteiger partial charge in [-0.3, -0.25) is 9.88 Å². The van der Waals surface area contributed by atoms with Crippen molar-refractivity contribution in [3.05, 3.63) is 78.0 Å². The second-order valence-corrected chi connectivity index (χ2v) is 6.41. The molecule has 0 spiro atoms. The highest BCUT2D eigenvalue weighted by Gasteiger charge is 2.30. The quantitative estimate of drug-likeness (QED) is 0.808. The maximum absolute atomic E-state index is 6.39. The van der Waals surface area contributed by atoms with E-state index >= 15 is 0 Å². The van der Waals surface area contributed by atoms with Crippen LogP contribution in [0.2, 0.25) is 0 Å². The predicted octanol–water partition coefficient (Wildman–Crippen LogP) is 3.16. The molecule has 23 heavy (non-hydrogen) atoms. The zero-order chi connectivity index (χ0) is 15.6. The van der Waals surface area contributed by atoms with Gasteiger partial charge >= 0.3 is 0 Å². The molecular weight excluding hydrogens is 282 g/mol. The summed E-state index contributed by atoms with van der Waals surface area (Å²) in [6.07, 6.45) is 1.99. The Bertz CT molecular complexity index is 800. The van der Waals surface area contributed by atoms with Gasteiger partial charge in [-0.25, -0.2) is 0 Å². The van der Waals surface area contributed by atoms with E-state index in [2.05, 4.69) is 64.5 Å². The van der Waals surface area contributed by atoms with Crippen molar-refractivity contribution in [2.24, 2.45) is 5.73 Å². The van der Waals surface area contributed by atoms with Gasteiger partial charge in [0.05, 0.1) is 5.52 Å². The van der Waals surface area contributed by atoms with Gasteiger partial charge < -0.3 is 5.73 Å². The molecule has 0 saturated carbocycles. The first-order valence-corrected chi connectivity index (χ1v) is 8.16. The highest BCUT2D eigenvalue weighted by atomic mass is 15.2. The largest absolute Gasteiger partial charge is 0.326 e. The Balaban J connectivity index is 1.51. The van der Waals surface area contributed by atoms with E-state index in [-0.39, 0.29) is 6.04 Å². The SMILES string of the molecule is N[C@@H]1CN(Cc2cnc3ccccc3c2)C[C@H]1c1ccccc1. The third-order valence-corrected chi connectivity index (χ3v) is 4.72. The fourth-order valence-electron chi connectivity index (χ4n) is 3.56. The van der Waals surface area contributed by atoms with E-state index in [9.17, 15) is 0 Å². The molecule has 3 heteroatoms. The number of hydrogen-bond donors (Lipinski definition) is 1. The summed E-state index contributed by atoms with van der Waals surface area (Å²) in [4.78, 5) is 7.00. The Hall–Kier alpha value is -2.23. The Morgan fingerprint density at radius 2 is 1.78 bits per heavy atom. The average Bonchev–Trinajstić information content (AvgIpc) is 2.96. The Morgan fingerprint density at radius 1 is 1.00 bits per heavy atom. The smallest absolute Gasteiger partial charge is 0.0702 e. The van der Waals surface area contributed by atoms with Gasteiger partial charge in [0.1, 0.15) is 0 Å². The molecule has 1 aromatic heterocycles. The third-order valence-electron chi connectivity index (χ3n) is 4.72. The molecule has 0 unspecified atom stereocenters. The van der Waals surface area contributed by atoms with E-state index in [0.29, 0.717) is 5.92 Å². The van der Waals surface area contributed by atoms with Crippen LogP contribution in [0.5, 0.6) is 0 Å². The lowest BCUT2D eigenvalue weighted by molar-refractivity contribution is 0.323. The summed E-state index contributed by atoms with van der Waals surface area (Å²) in [7, 11) is 0. The van der Waals surface area contributed by atoms with E-state index in [4.69, 9.17) is 5.73 Å². The number of nitrogens with zero attached hydrogens (tertiary/aromatic N) is 2. The molecular formula is C20H21N3. The molecule has 3 nitrogen and oxygen atoms in total. The van der Waals surface area contributed by atoms with Crippen molar-refractivity contribution in [3.63, 3.8) is 0 Å². The van der Waals surface area contributed by atoms with Crippen LogP contribution in [0.25, 0.3) is 10.9 Å². The van der Waals surface area contributed by atoms with Crippen LogP contribution >= 0.6 is 0 Å². The van der Waals surface area contributed by atoms with Crippen LogP contribution in [0.15, 0.2) is 66.9 Å². The summed E-state index contributed by atoms with van der Waals surface area (Å²) in [5.74, 6) is 0.421.